The van der Waals surface area contributed by atoms with Crippen molar-refractivity contribution in [1.82, 2.24) is 9.97 Å². The Morgan fingerprint density at radius 1 is 1.27 bits per heavy atom. The molecule has 6 heteroatoms. The van der Waals surface area contributed by atoms with Gasteiger partial charge in [0.25, 0.3) is 0 Å². The van der Waals surface area contributed by atoms with Crippen LogP contribution in [-0.4, -0.2) is 28.2 Å². The molecule has 0 amide bonds. The number of aryl methyl sites for hydroxylation is 1. The lowest BCUT2D eigenvalue weighted by Gasteiger charge is -2.07. The summed E-state index contributed by atoms with van der Waals surface area (Å²) in [4.78, 5) is 10.0. The minimum absolute atomic E-state index is 0.166. The van der Waals surface area contributed by atoms with Crippen LogP contribution >= 0.6 is 11.3 Å². The van der Waals surface area contributed by atoms with E-state index in [4.69, 9.17) is 10.8 Å². The molecule has 5 nitrogen and oxygen atoms in total. The van der Waals surface area contributed by atoms with Crippen molar-refractivity contribution in [1.29, 1.82) is 0 Å². The highest BCUT2D eigenvalue weighted by Crippen LogP contribution is 2.36. The summed E-state index contributed by atoms with van der Waals surface area (Å²) >= 11 is 1.65. The molecule has 0 bridgehead atoms. The van der Waals surface area contributed by atoms with Crippen molar-refractivity contribution < 1.29 is 5.11 Å². The van der Waals surface area contributed by atoms with Crippen LogP contribution in [0.25, 0.3) is 20.8 Å². The highest BCUT2D eigenvalue weighted by Gasteiger charge is 2.11. The maximum atomic E-state index is 8.91. The van der Waals surface area contributed by atoms with E-state index in [0.29, 0.717) is 18.8 Å². The smallest absolute Gasteiger partial charge is 0.126 e. The van der Waals surface area contributed by atoms with Gasteiger partial charge < -0.3 is 16.2 Å². The van der Waals surface area contributed by atoms with E-state index in [0.717, 1.165) is 32.2 Å². The number of pyridine rings is 2. The highest BCUT2D eigenvalue weighted by atomic mass is 32.1. The van der Waals surface area contributed by atoms with Crippen LogP contribution in [0, 0.1) is 6.92 Å². The molecule has 0 saturated carbocycles. The van der Waals surface area contributed by atoms with Crippen LogP contribution in [0.5, 0.6) is 0 Å². The predicted molar refractivity (Wildman–Crippen MR) is 92.2 cm³/mol. The second kappa shape index (κ2) is 6.29. The molecule has 0 aromatic carbocycles. The molecule has 3 aromatic rings. The van der Waals surface area contributed by atoms with Crippen molar-refractivity contribution in [3.63, 3.8) is 0 Å². The second-order valence-electron chi connectivity index (χ2n) is 5.09. The molecule has 0 aliphatic heterocycles. The van der Waals surface area contributed by atoms with E-state index in [9.17, 15) is 0 Å². The van der Waals surface area contributed by atoms with E-state index in [-0.39, 0.29) is 6.61 Å². The molecular weight excluding hydrogens is 296 g/mol. The molecule has 0 aliphatic carbocycles. The number of fused-ring (bicyclic) bond motifs is 1. The molecule has 0 fully saturated rings. The first-order chi connectivity index (χ1) is 10.7. The van der Waals surface area contributed by atoms with Gasteiger partial charge in [-0.15, -0.1) is 11.3 Å². The molecule has 0 aliphatic rings. The molecule has 4 N–H and O–H groups in total. The summed E-state index contributed by atoms with van der Waals surface area (Å²) in [7, 11) is 0. The Labute approximate surface area is 132 Å². The van der Waals surface area contributed by atoms with Gasteiger partial charge in [-0.05, 0) is 31.5 Å². The van der Waals surface area contributed by atoms with Crippen LogP contribution in [0.4, 0.5) is 11.5 Å². The van der Waals surface area contributed by atoms with E-state index < -0.39 is 0 Å². The van der Waals surface area contributed by atoms with Gasteiger partial charge in [0.2, 0.25) is 0 Å². The van der Waals surface area contributed by atoms with Crippen molar-refractivity contribution >= 4 is 33.1 Å². The third-order valence-electron chi connectivity index (χ3n) is 3.29. The van der Waals surface area contributed by atoms with E-state index >= 15 is 0 Å². The van der Waals surface area contributed by atoms with Gasteiger partial charge in [-0.2, -0.15) is 0 Å². The van der Waals surface area contributed by atoms with E-state index in [1.807, 2.05) is 37.3 Å². The number of rotatable bonds is 5. The molecule has 0 atom stereocenters. The fourth-order valence-corrected chi connectivity index (χ4v) is 3.34. The van der Waals surface area contributed by atoms with Crippen LogP contribution in [0.15, 0.2) is 30.3 Å². The van der Waals surface area contributed by atoms with Gasteiger partial charge in [0, 0.05) is 24.9 Å². The number of aliphatic hydroxyl groups is 1. The molecule has 3 heterocycles. The highest BCUT2D eigenvalue weighted by molar-refractivity contribution is 7.22. The minimum Gasteiger partial charge on any atom is -0.396 e. The Hall–Kier alpha value is -2.18. The lowest BCUT2D eigenvalue weighted by atomic mass is 10.2. The van der Waals surface area contributed by atoms with E-state index in [1.165, 1.54) is 0 Å². The predicted octanol–water partition coefficient (Wildman–Crippen LogP) is 3.04. The number of hydrogen-bond donors (Lipinski definition) is 3. The number of hydrogen-bond acceptors (Lipinski definition) is 6. The number of nitrogens with one attached hydrogen (secondary N) is 1. The third kappa shape index (κ3) is 3.03. The average molecular weight is 314 g/mol. The molecule has 3 aromatic heterocycles. The number of anilines is 2. The molecule has 3 rings (SSSR count). The number of aliphatic hydroxyl groups excluding tert-OH is 1. The van der Waals surface area contributed by atoms with E-state index in [1.54, 1.807) is 11.3 Å². The second-order valence-corrected chi connectivity index (χ2v) is 6.14. The van der Waals surface area contributed by atoms with Gasteiger partial charge in [0.05, 0.1) is 26.5 Å². The van der Waals surface area contributed by atoms with Crippen molar-refractivity contribution in [2.45, 2.75) is 13.3 Å². The Morgan fingerprint density at radius 2 is 2.14 bits per heavy atom. The van der Waals surface area contributed by atoms with Crippen molar-refractivity contribution in [3.8, 4) is 10.6 Å². The summed E-state index contributed by atoms with van der Waals surface area (Å²) in [5.41, 5.74) is 9.65. The van der Waals surface area contributed by atoms with Crippen molar-refractivity contribution in [3.05, 3.63) is 36.0 Å². The maximum Gasteiger partial charge on any atom is 0.126 e. The number of aromatic nitrogens is 2. The zero-order chi connectivity index (χ0) is 15.5. The molecule has 0 unspecified atom stereocenters. The molecule has 22 heavy (non-hydrogen) atoms. The first-order valence-electron chi connectivity index (χ1n) is 7.16. The Morgan fingerprint density at radius 3 is 2.91 bits per heavy atom. The Balaban J connectivity index is 2.03. The minimum atomic E-state index is 0.166. The number of nitrogen functional groups attached to an aromatic ring is 1. The SMILES string of the molecule is Cc1cccc(-c2cc3nc(N)cc(NCCCO)c3s2)n1. The summed E-state index contributed by atoms with van der Waals surface area (Å²) in [6, 6.07) is 9.85. The first kappa shape index (κ1) is 14.7. The van der Waals surface area contributed by atoms with Gasteiger partial charge in [0.1, 0.15) is 5.82 Å². The van der Waals surface area contributed by atoms with Gasteiger partial charge in [-0.3, -0.25) is 4.98 Å². The molecule has 114 valence electrons. The molecule has 0 spiro atoms. The van der Waals surface area contributed by atoms with Crippen LogP contribution in [-0.2, 0) is 0 Å². The fourth-order valence-electron chi connectivity index (χ4n) is 2.28. The monoisotopic (exact) mass is 314 g/mol. The standard InChI is InChI=1S/C16H18N4OS/c1-10-4-2-5-11(19-10)14-8-13-16(22-14)12(9-15(17)20-13)18-6-3-7-21/h2,4-5,8-9,21H,3,6-7H2,1H3,(H3,17,18,20). The maximum absolute atomic E-state index is 8.91. The fraction of sp³-hybridized carbons (Fsp3) is 0.250. The van der Waals surface area contributed by atoms with E-state index in [2.05, 4.69) is 15.3 Å². The van der Waals surface area contributed by atoms with Crippen molar-refractivity contribution in [2.75, 3.05) is 24.2 Å². The topological polar surface area (TPSA) is 84.1 Å². The molecular formula is C16H18N4OS. The van der Waals surface area contributed by atoms with Gasteiger partial charge in [0.15, 0.2) is 0 Å². The first-order valence-corrected chi connectivity index (χ1v) is 7.98. The number of nitrogens with two attached hydrogens (primary N) is 1. The van der Waals surface area contributed by atoms with Gasteiger partial charge in [-0.25, -0.2) is 4.98 Å². The Kier molecular flexibility index (Phi) is 4.22. The van der Waals surface area contributed by atoms with Gasteiger partial charge in [-0.1, -0.05) is 6.07 Å². The van der Waals surface area contributed by atoms with Crippen LogP contribution in [0.1, 0.15) is 12.1 Å². The zero-order valence-electron chi connectivity index (χ0n) is 12.3. The zero-order valence-corrected chi connectivity index (χ0v) is 13.2. The quantitative estimate of drug-likeness (QED) is 0.630. The summed E-state index contributed by atoms with van der Waals surface area (Å²) in [6.45, 7) is 2.85. The van der Waals surface area contributed by atoms with Crippen LogP contribution in [0.3, 0.4) is 0 Å². The van der Waals surface area contributed by atoms with Gasteiger partial charge >= 0.3 is 0 Å². The lowest BCUT2D eigenvalue weighted by Crippen LogP contribution is -2.04. The van der Waals surface area contributed by atoms with Crippen LogP contribution in [0.2, 0.25) is 0 Å². The van der Waals surface area contributed by atoms with Crippen molar-refractivity contribution in [2.24, 2.45) is 0 Å². The summed E-state index contributed by atoms with van der Waals surface area (Å²) in [5.74, 6) is 0.487. The number of thiophene rings is 1. The molecule has 0 saturated heterocycles. The Bertz CT molecular complexity index is 800. The summed E-state index contributed by atoms with van der Waals surface area (Å²) in [5, 5.41) is 12.2. The number of nitrogens with zero attached hydrogens (tertiary/aromatic N) is 2. The molecule has 0 radical (unpaired) electrons. The normalized spacial score (nSPS) is 11.0. The summed E-state index contributed by atoms with van der Waals surface area (Å²) < 4.78 is 1.06. The van der Waals surface area contributed by atoms with Crippen LogP contribution < -0.4 is 11.1 Å². The summed E-state index contributed by atoms with van der Waals surface area (Å²) in [6.07, 6.45) is 0.696. The third-order valence-corrected chi connectivity index (χ3v) is 4.47. The lowest BCUT2D eigenvalue weighted by molar-refractivity contribution is 0.292. The average Bonchev–Trinajstić information content (AvgIpc) is 2.91. The largest absolute Gasteiger partial charge is 0.396 e.